The van der Waals surface area contributed by atoms with Crippen LogP contribution in [0.2, 0.25) is 0 Å². The van der Waals surface area contributed by atoms with Crippen LogP contribution in [0.25, 0.3) is 0 Å². The molecule has 0 N–H and O–H groups in total. The fourth-order valence-electron chi connectivity index (χ4n) is 2.52. The van der Waals surface area contributed by atoms with Crippen LogP contribution in [0.15, 0.2) is 64.1 Å². The summed E-state index contributed by atoms with van der Waals surface area (Å²) < 4.78 is 37.2. The topological polar surface area (TPSA) is 52.6 Å². The summed E-state index contributed by atoms with van der Waals surface area (Å²) in [4.78, 5) is 0.626. The van der Waals surface area contributed by atoms with Crippen LogP contribution in [0.4, 0.5) is 0 Å². The van der Waals surface area contributed by atoms with Gasteiger partial charge in [0.15, 0.2) is 0 Å². The number of rotatable bonds is 5. The lowest BCUT2D eigenvalue weighted by Gasteiger charge is -2.23. The largest absolute Gasteiger partial charge is 0.488 e. The minimum atomic E-state index is -3.55. The maximum atomic E-state index is 13.0. The van der Waals surface area contributed by atoms with Crippen molar-refractivity contribution in [2.75, 3.05) is 7.11 Å². The zero-order valence-electron chi connectivity index (χ0n) is 16.4. The van der Waals surface area contributed by atoms with E-state index in [2.05, 4.69) is 0 Å². The first-order chi connectivity index (χ1) is 12.0. The van der Waals surface area contributed by atoms with Crippen molar-refractivity contribution < 1.29 is 17.9 Å². The average molecular weight is 377 g/mol. The van der Waals surface area contributed by atoms with E-state index in [-0.39, 0.29) is 10.5 Å². The molecule has 0 atom stereocenters. The van der Waals surface area contributed by atoms with Gasteiger partial charge in [0, 0.05) is 13.5 Å². The molecule has 0 saturated heterocycles. The van der Waals surface area contributed by atoms with Crippen molar-refractivity contribution in [3.63, 3.8) is 0 Å². The lowest BCUT2D eigenvalue weighted by molar-refractivity contribution is 0.0192. The second-order valence-electron chi connectivity index (χ2n) is 7.77. The van der Waals surface area contributed by atoms with Crippen molar-refractivity contribution in [1.82, 2.24) is 0 Å². The van der Waals surface area contributed by atoms with Crippen LogP contribution >= 0.6 is 0 Å². The van der Waals surface area contributed by atoms with Gasteiger partial charge in [0.2, 0.25) is 9.84 Å². The molecular formula is C21H28O4S. The Morgan fingerprint density at radius 1 is 0.962 bits per heavy atom. The fraction of sp³-hybridized carbons (Fsp3) is 0.429. The number of allylic oxidation sites excluding steroid dienone is 5. The molecule has 0 fully saturated rings. The van der Waals surface area contributed by atoms with Crippen LogP contribution in [0.3, 0.4) is 0 Å². The highest BCUT2D eigenvalue weighted by Gasteiger charge is 2.23. The minimum Gasteiger partial charge on any atom is -0.488 e. The number of benzene rings is 1. The molecule has 0 heterocycles. The highest BCUT2D eigenvalue weighted by molar-refractivity contribution is 7.95. The number of hydrogen-bond donors (Lipinski definition) is 0. The lowest BCUT2D eigenvalue weighted by Crippen LogP contribution is -2.19. The second kappa shape index (κ2) is 7.41. The third kappa shape index (κ3) is 4.86. The van der Waals surface area contributed by atoms with Gasteiger partial charge in [0.25, 0.3) is 0 Å². The van der Waals surface area contributed by atoms with Gasteiger partial charge in [-0.25, -0.2) is 8.42 Å². The van der Waals surface area contributed by atoms with Crippen molar-refractivity contribution in [3.05, 3.63) is 64.8 Å². The minimum absolute atomic E-state index is 0.279. The van der Waals surface area contributed by atoms with Crippen molar-refractivity contribution in [3.8, 4) is 0 Å². The molecule has 0 aliphatic heterocycles. The Balaban J connectivity index is 2.31. The molecule has 1 aliphatic rings. The van der Waals surface area contributed by atoms with Crippen LogP contribution in [-0.2, 0) is 24.9 Å². The molecule has 2 rings (SSSR count). The number of methoxy groups -OCH3 is 1. The molecule has 0 spiro atoms. The summed E-state index contributed by atoms with van der Waals surface area (Å²) in [7, 11) is -1.92. The van der Waals surface area contributed by atoms with Gasteiger partial charge in [-0.15, -0.1) is 0 Å². The SMILES string of the molecule is COC(C)(C)c1ccc(S(=O)(=O)C2=CC=C(OC(C)(C)C)C=CC2)cc1. The van der Waals surface area contributed by atoms with Gasteiger partial charge in [-0.2, -0.15) is 0 Å². The molecule has 0 amide bonds. The molecule has 1 aromatic carbocycles. The summed E-state index contributed by atoms with van der Waals surface area (Å²) in [5.74, 6) is 0.653. The Morgan fingerprint density at radius 3 is 2.12 bits per heavy atom. The third-order valence-corrected chi connectivity index (χ3v) is 6.06. The molecule has 0 unspecified atom stereocenters. The van der Waals surface area contributed by atoms with Gasteiger partial charge in [-0.3, -0.25) is 0 Å². The highest BCUT2D eigenvalue weighted by Crippen LogP contribution is 2.29. The standard InChI is InChI=1S/C21H28O4S/c1-20(2,3)25-17-8-7-9-18(15-12-17)26(22,23)19-13-10-16(11-14-19)21(4,5)24-6/h7-8,10-15H,9H2,1-6H3. The summed E-state index contributed by atoms with van der Waals surface area (Å²) in [6, 6.07) is 6.87. The smallest absolute Gasteiger partial charge is 0.203 e. The zero-order chi connectivity index (χ0) is 19.6. The molecule has 0 saturated carbocycles. The summed E-state index contributed by atoms with van der Waals surface area (Å²) in [6.07, 6.45) is 7.30. The molecule has 0 radical (unpaired) electrons. The van der Waals surface area contributed by atoms with Gasteiger partial charge < -0.3 is 9.47 Å². The van der Waals surface area contributed by atoms with Gasteiger partial charge in [-0.05, 0) is 70.5 Å². The second-order valence-corrected chi connectivity index (χ2v) is 9.77. The Bertz CT molecular complexity index is 833. The van der Waals surface area contributed by atoms with Crippen molar-refractivity contribution in [1.29, 1.82) is 0 Å². The van der Waals surface area contributed by atoms with E-state index < -0.39 is 15.4 Å². The van der Waals surface area contributed by atoms with E-state index in [1.165, 1.54) is 0 Å². The first kappa shape index (κ1) is 20.5. The monoisotopic (exact) mass is 376 g/mol. The zero-order valence-corrected chi connectivity index (χ0v) is 17.2. The predicted octanol–water partition coefficient (Wildman–Crippen LogP) is 4.88. The van der Waals surface area contributed by atoms with E-state index in [9.17, 15) is 8.42 Å². The van der Waals surface area contributed by atoms with E-state index >= 15 is 0 Å². The normalized spacial score (nSPS) is 15.9. The van der Waals surface area contributed by atoms with Crippen LogP contribution in [0.5, 0.6) is 0 Å². The molecule has 142 valence electrons. The third-order valence-electron chi connectivity index (χ3n) is 4.17. The molecule has 0 bridgehead atoms. The van der Waals surface area contributed by atoms with Crippen LogP contribution in [0, 0.1) is 0 Å². The van der Waals surface area contributed by atoms with E-state index in [1.54, 1.807) is 43.5 Å². The predicted molar refractivity (Wildman–Crippen MR) is 104 cm³/mol. The summed E-state index contributed by atoms with van der Waals surface area (Å²) >= 11 is 0. The van der Waals surface area contributed by atoms with E-state index in [0.717, 1.165) is 5.56 Å². The van der Waals surface area contributed by atoms with Gasteiger partial charge in [-0.1, -0.05) is 18.2 Å². The Morgan fingerprint density at radius 2 is 1.58 bits per heavy atom. The van der Waals surface area contributed by atoms with Gasteiger partial charge in [0.05, 0.1) is 15.4 Å². The van der Waals surface area contributed by atoms with Gasteiger partial charge in [0.1, 0.15) is 11.4 Å². The summed E-state index contributed by atoms with van der Waals surface area (Å²) in [5.41, 5.74) is 0.126. The maximum absolute atomic E-state index is 13.0. The van der Waals surface area contributed by atoms with E-state index in [4.69, 9.17) is 9.47 Å². The average Bonchev–Trinajstić information content (AvgIpc) is 2.79. The highest BCUT2D eigenvalue weighted by atomic mass is 32.2. The molecule has 26 heavy (non-hydrogen) atoms. The quantitative estimate of drug-likeness (QED) is 0.734. The van der Waals surface area contributed by atoms with E-state index in [0.29, 0.717) is 17.1 Å². The fourth-order valence-corrected chi connectivity index (χ4v) is 3.88. The Kier molecular flexibility index (Phi) is 5.83. The molecule has 1 aliphatic carbocycles. The summed E-state index contributed by atoms with van der Waals surface area (Å²) in [5, 5.41) is 0. The molecule has 1 aromatic rings. The van der Waals surface area contributed by atoms with Crippen LogP contribution in [-0.4, -0.2) is 21.1 Å². The lowest BCUT2D eigenvalue weighted by atomic mass is 9.98. The van der Waals surface area contributed by atoms with E-state index in [1.807, 2.05) is 46.8 Å². The van der Waals surface area contributed by atoms with Crippen molar-refractivity contribution >= 4 is 9.84 Å². The van der Waals surface area contributed by atoms with Crippen LogP contribution < -0.4 is 0 Å². The molecular weight excluding hydrogens is 348 g/mol. The maximum Gasteiger partial charge on any atom is 0.203 e. The Hall–Kier alpha value is -1.85. The van der Waals surface area contributed by atoms with Crippen molar-refractivity contribution in [2.45, 2.75) is 57.1 Å². The molecule has 5 heteroatoms. The first-order valence-corrected chi connectivity index (χ1v) is 10.1. The van der Waals surface area contributed by atoms with Crippen molar-refractivity contribution in [2.24, 2.45) is 0 Å². The first-order valence-electron chi connectivity index (χ1n) is 8.63. The molecule has 4 nitrogen and oxygen atoms in total. The van der Waals surface area contributed by atoms with Gasteiger partial charge >= 0.3 is 0 Å². The molecule has 0 aromatic heterocycles. The Labute approximate surface area is 157 Å². The number of sulfone groups is 1. The number of ether oxygens (including phenoxy) is 2. The number of hydrogen-bond acceptors (Lipinski definition) is 4. The summed E-state index contributed by atoms with van der Waals surface area (Å²) in [6.45, 7) is 9.75. The van der Waals surface area contributed by atoms with Crippen LogP contribution in [0.1, 0.15) is 46.6 Å².